The number of amides is 1. The highest BCUT2D eigenvalue weighted by molar-refractivity contribution is 8.00. The molecule has 2 heterocycles. The first-order chi connectivity index (χ1) is 14.1. The topological polar surface area (TPSA) is 83.4 Å². The normalized spacial score (nSPS) is 15.0. The van der Waals surface area contributed by atoms with Crippen molar-refractivity contribution in [1.82, 2.24) is 9.97 Å². The first-order valence-corrected chi connectivity index (χ1v) is 10.2. The number of carbonyl (C=O) groups is 2. The number of carbonyl (C=O) groups excluding carboxylic acids is 1. The third-order valence-electron chi connectivity index (χ3n) is 4.82. The van der Waals surface area contributed by atoms with E-state index in [0.29, 0.717) is 24.4 Å². The number of benzene rings is 1. The Morgan fingerprint density at radius 3 is 2.59 bits per heavy atom. The van der Waals surface area contributed by atoms with Gasteiger partial charge in [0.15, 0.2) is 0 Å². The zero-order valence-corrected chi connectivity index (χ0v) is 16.4. The standard InChI is InChI=1S/C22H19N3O3S/c26-21(17-10-16-11-18(22(27)28)13-24-19(16)12-17)25(20-8-4-5-9-23-20)29-14-15-6-2-1-3-7-15/h1-9,11,13,17H,10,12,14H2,(H,27,28). The monoisotopic (exact) mass is 405 g/mol. The molecule has 1 atom stereocenters. The van der Waals surface area contributed by atoms with E-state index in [4.69, 9.17) is 0 Å². The summed E-state index contributed by atoms with van der Waals surface area (Å²) >= 11 is 1.42. The molecule has 29 heavy (non-hydrogen) atoms. The van der Waals surface area contributed by atoms with Gasteiger partial charge in [-0.15, -0.1) is 0 Å². The van der Waals surface area contributed by atoms with Gasteiger partial charge in [-0.05, 0) is 47.7 Å². The van der Waals surface area contributed by atoms with Gasteiger partial charge in [-0.1, -0.05) is 36.4 Å². The Bertz CT molecular complexity index is 1030. The van der Waals surface area contributed by atoms with E-state index in [9.17, 15) is 14.7 Å². The minimum Gasteiger partial charge on any atom is -0.478 e. The fourth-order valence-electron chi connectivity index (χ4n) is 3.36. The molecule has 1 aromatic carbocycles. The lowest BCUT2D eigenvalue weighted by Crippen LogP contribution is -2.32. The van der Waals surface area contributed by atoms with Crippen LogP contribution in [-0.4, -0.2) is 27.0 Å². The van der Waals surface area contributed by atoms with Crippen LogP contribution in [0.4, 0.5) is 5.82 Å². The number of aromatic carboxylic acids is 1. The lowest BCUT2D eigenvalue weighted by atomic mass is 10.1. The predicted molar refractivity (Wildman–Crippen MR) is 112 cm³/mol. The highest BCUT2D eigenvalue weighted by Crippen LogP contribution is 2.32. The molecule has 1 aliphatic carbocycles. The fourth-order valence-corrected chi connectivity index (χ4v) is 4.34. The summed E-state index contributed by atoms with van der Waals surface area (Å²) in [5.41, 5.74) is 2.89. The summed E-state index contributed by atoms with van der Waals surface area (Å²) < 4.78 is 1.65. The van der Waals surface area contributed by atoms with Gasteiger partial charge in [0.05, 0.1) is 5.56 Å². The Morgan fingerprint density at radius 1 is 1.07 bits per heavy atom. The van der Waals surface area contributed by atoms with E-state index in [1.165, 1.54) is 18.1 Å². The van der Waals surface area contributed by atoms with Crippen molar-refractivity contribution in [3.05, 3.63) is 89.4 Å². The number of rotatable bonds is 6. The third kappa shape index (κ3) is 4.30. The molecule has 0 fully saturated rings. The van der Waals surface area contributed by atoms with Crippen LogP contribution < -0.4 is 4.31 Å². The maximum Gasteiger partial charge on any atom is 0.337 e. The Balaban J connectivity index is 1.54. The first kappa shape index (κ1) is 19.1. The molecule has 2 aromatic heterocycles. The zero-order chi connectivity index (χ0) is 20.2. The lowest BCUT2D eigenvalue weighted by Gasteiger charge is -2.23. The molecule has 0 aliphatic heterocycles. The Morgan fingerprint density at radius 2 is 1.86 bits per heavy atom. The van der Waals surface area contributed by atoms with E-state index < -0.39 is 5.97 Å². The van der Waals surface area contributed by atoms with Gasteiger partial charge in [0.1, 0.15) is 5.82 Å². The van der Waals surface area contributed by atoms with Crippen molar-refractivity contribution in [1.29, 1.82) is 0 Å². The van der Waals surface area contributed by atoms with Gasteiger partial charge >= 0.3 is 5.97 Å². The van der Waals surface area contributed by atoms with E-state index in [1.54, 1.807) is 16.6 Å². The molecule has 0 saturated carbocycles. The number of pyridine rings is 2. The van der Waals surface area contributed by atoms with Crippen molar-refractivity contribution in [2.75, 3.05) is 4.31 Å². The number of fused-ring (bicyclic) bond motifs is 1. The molecule has 6 nitrogen and oxygen atoms in total. The number of nitrogens with zero attached hydrogens (tertiary/aromatic N) is 3. The van der Waals surface area contributed by atoms with E-state index in [2.05, 4.69) is 9.97 Å². The SMILES string of the molecule is O=C(O)c1cnc2c(c1)CC(C(=O)N(SCc1ccccc1)c1ccccn1)C2. The second kappa shape index (κ2) is 8.45. The van der Waals surface area contributed by atoms with E-state index in [0.717, 1.165) is 16.8 Å². The summed E-state index contributed by atoms with van der Waals surface area (Å²) in [6.45, 7) is 0. The molecule has 0 spiro atoms. The van der Waals surface area contributed by atoms with Gasteiger partial charge in [0, 0.05) is 36.2 Å². The van der Waals surface area contributed by atoms with Crippen LogP contribution in [0, 0.1) is 5.92 Å². The van der Waals surface area contributed by atoms with Crippen molar-refractivity contribution < 1.29 is 14.7 Å². The van der Waals surface area contributed by atoms with E-state index >= 15 is 0 Å². The molecule has 4 rings (SSSR count). The first-order valence-electron chi connectivity index (χ1n) is 9.25. The summed E-state index contributed by atoms with van der Waals surface area (Å²) in [5, 5.41) is 9.18. The van der Waals surface area contributed by atoms with Crippen molar-refractivity contribution in [2.24, 2.45) is 5.92 Å². The zero-order valence-electron chi connectivity index (χ0n) is 15.6. The quantitative estimate of drug-likeness (QED) is 0.629. The number of hydrogen-bond acceptors (Lipinski definition) is 5. The van der Waals surface area contributed by atoms with Gasteiger partial charge in [0.2, 0.25) is 5.91 Å². The summed E-state index contributed by atoms with van der Waals surface area (Å²) in [4.78, 5) is 33.2. The maximum atomic E-state index is 13.4. The van der Waals surface area contributed by atoms with Gasteiger partial charge in [-0.25, -0.2) is 14.1 Å². The minimum absolute atomic E-state index is 0.0421. The summed E-state index contributed by atoms with van der Waals surface area (Å²) in [7, 11) is 0. The summed E-state index contributed by atoms with van der Waals surface area (Å²) in [5.74, 6) is -0.104. The molecule has 0 radical (unpaired) electrons. The highest BCUT2D eigenvalue weighted by Gasteiger charge is 2.33. The van der Waals surface area contributed by atoms with Crippen LogP contribution in [0.25, 0.3) is 0 Å². The number of carboxylic acid groups (broad SMARTS) is 1. The average molecular weight is 405 g/mol. The van der Waals surface area contributed by atoms with Crippen molar-refractivity contribution in [3.8, 4) is 0 Å². The van der Waals surface area contributed by atoms with E-state index in [-0.39, 0.29) is 17.4 Å². The molecule has 146 valence electrons. The van der Waals surface area contributed by atoms with Crippen LogP contribution in [0.15, 0.2) is 67.0 Å². The molecule has 1 N–H and O–H groups in total. The Labute approximate surface area is 172 Å². The average Bonchev–Trinajstić information content (AvgIpc) is 3.18. The second-order valence-corrected chi connectivity index (χ2v) is 7.73. The van der Waals surface area contributed by atoms with Crippen molar-refractivity contribution in [2.45, 2.75) is 18.6 Å². The van der Waals surface area contributed by atoms with Crippen molar-refractivity contribution in [3.63, 3.8) is 0 Å². The van der Waals surface area contributed by atoms with Crippen LogP contribution in [0.3, 0.4) is 0 Å². The van der Waals surface area contributed by atoms with E-state index in [1.807, 2.05) is 48.5 Å². The summed E-state index contributed by atoms with van der Waals surface area (Å²) in [6, 6.07) is 17.1. The van der Waals surface area contributed by atoms with Gasteiger partial charge < -0.3 is 5.11 Å². The number of carboxylic acids is 1. The second-order valence-electron chi connectivity index (χ2n) is 6.82. The number of aromatic nitrogens is 2. The highest BCUT2D eigenvalue weighted by atomic mass is 32.2. The lowest BCUT2D eigenvalue weighted by molar-refractivity contribution is -0.120. The molecule has 1 amide bonds. The van der Waals surface area contributed by atoms with Gasteiger partial charge in [-0.3, -0.25) is 9.78 Å². The Kier molecular flexibility index (Phi) is 5.57. The molecule has 0 saturated heterocycles. The Hall–Kier alpha value is -3.19. The van der Waals surface area contributed by atoms with Crippen LogP contribution >= 0.6 is 11.9 Å². The van der Waals surface area contributed by atoms with Gasteiger partial charge in [-0.2, -0.15) is 0 Å². The van der Waals surface area contributed by atoms with Crippen molar-refractivity contribution >= 4 is 29.6 Å². The van der Waals surface area contributed by atoms with Crippen LogP contribution in [0.2, 0.25) is 0 Å². The predicted octanol–water partition coefficient (Wildman–Crippen LogP) is 3.77. The minimum atomic E-state index is -1.01. The fraction of sp³-hybridized carbons (Fsp3) is 0.182. The maximum absolute atomic E-state index is 13.4. The summed E-state index contributed by atoms with van der Waals surface area (Å²) in [6.07, 6.45) is 4.01. The molecular formula is C22H19N3O3S. The van der Waals surface area contributed by atoms with Crippen LogP contribution in [-0.2, 0) is 23.4 Å². The molecule has 1 unspecified atom stereocenters. The third-order valence-corrected chi connectivity index (χ3v) is 5.91. The van der Waals surface area contributed by atoms with Gasteiger partial charge in [0.25, 0.3) is 0 Å². The molecule has 1 aliphatic rings. The molecule has 0 bridgehead atoms. The molecule has 7 heteroatoms. The largest absolute Gasteiger partial charge is 0.478 e. The number of hydrogen-bond donors (Lipinski definition) is 1. The number of anilines is 1. The smallest absolute Gasteiger partial charge is 0.337 e. The molecular weight excluding hydrogens is 386 g/mol. The van der Waals surface area contributed by atoms with Crippen LogP contribution in [0.1, 0.15) is 27.2 Å². The molecule has 3 aromatic rings. The van der Waals surface area contributed by atoms with Crippen LogP contribution in [0.5, 0.6) is 0 Å².